The maximum atomic E-state index is 12.5. The van der Waals surface area contributed by atoms with E-state index < -0.39 is 17.1 Å². The lowest BCUT2D eigenvalue weighted by Gasteiger charge is -2.30. The van der Waals surface area contributed by atoms with Crippen LogP contribution in [-0.4, -0.2) is 47.2 Å². The molecule has 1 rings (SSSR count). The van der Waals surface area contributed by atoms with Crippen molar-refractivity contribution in [1.82, 2.24) is 4.90 Å². The fraction of sp³-hybridized carbons (Fsp3) is 0.875. The maximum absolute atomic E-state index is 12.5. The third kappa shape index (κ3) is 4.16. The number of nitrogens with zero attached hydrogens (tertiary/aromatic N) is 1. The van der Waals surface area contributed by atoms with Crippen molar-refractivity contribution in [3.63, 3.8) is 0 Å². The molecule has 0 aliphatic carbocycles. The monoisotopic (exact) mass is 258 g/mol. The summed E-state index contributed by atoms with van der Waals surface area (Å²) in [6, 6.07) is 0. The van der Waals surface area contributed by atoms with Crippen LogP contribution in [0.2, 0.25) is 0 Å². The first kappa shape index (κ1) is 13.1. The van der Waals surface area contributed by atoms with Crippen molar-refractivity contribution in [2.24, 2.45) is 11.7 Å². The van der Waals surface area contributed by atoms with Crippen LogP contribution in [0, 0.1) is 5.92 Å². The highest BCUT2D eigenvalue weighted by Crippen LogP contribution is 2.28. The highest BCUT2D eigenvalue weighted by Gasteiger charge is 2.42. The number of halogens is 3. The number of alkyl halides is 3. The van der Waals surface area contributed by atoms with E-state index in [4.69, 9.17) is 5.73 Å². The van der Waals surface area contributed by atoms with Gasteiger partial charge in [0.25, 0.3) is 0 Å². The summed E-state index contributed by atoms with van der Waals surface area (Å²) in [6.45, 7) is 1.26. The van der Waals surface area contributed by atoms with E-state index in [2.05, 4.69) is 12.2 Å². The van der Waals surface area contributed by atoms with Gasteiger partial charge in [-0.15, -0.1) is 0 Å². The Kier molecular flexibility index (Phi) is 4.66. The minimum atomic E-state index is -4.32. The van der Waals surface area contributed by atoms with E-state index in [-0.39, 0.29) is 6.54 Å². The lowest BCUT2D eigenvalue weighted by atomic mass is 10.1. The molecule has 2 N–H and O–H groups in total. The lowest BCUT2D eigenvalue weighted by molar-refractivity contribution is -0.159. The van der Waals surface area contributed by atoms with Gasteiger partial charge in [0.1, 0.15) is 5.92 Å². The first-order chi connectivity index (χ1) is 6.91. The molecule has 1 aliphatic heterocycles. The molecule has 1 saturated heterocycles. The first-order valence-corrected chi connectivity index (χ1v) is 6.13. The summed E-state index contributed by atoms with van der Waals surface area (Å²) in [4.78, 5) is 1.31. The third-order valence-electron chi connectivity index (χ3n) is 2.28. The number of thioether (sulfide) groups is 1. The van der Waals surface area contributed by atoms with E-state index in [1.807, 2.05) is 0 Å². The van der Waals surface area contributed by atoms with E-state index in [1.54, 1.807) is 16.7 Å². The van der Waals surface area contributed by atoms with Crippen molar-refractivity contribution in [1.29, 1.82) is 0 Å². The molecule has 1 fully saturated rings. The van der Waals surface area contributed by atoms with Gasteiger partial charge in [0.15, 0.2) is 0 Å². The largest absolute Gasteiger partial charge is 0.399 e. The first-order valence-electron chi connectivity index (χ1n) is 4.57. The Bertz CT molecular complexity index is 226. The molecule has 88 valence electrons. The quantitative estimate of drug-likeness (QED) is 0.777. The van der Waals surface area contributed by atoms with Gasteiger partial charge in [-0.05, 0) is 0 Å². The van der Waals surface area contributed by atoms with Crippen molar-refractivity contribution in [2.45, 2.75) is 6.18 Å². The molecule has 0 spiro atoms. The molecule has 15 heavy (non-hydrogen) atoms. The van der Waals surface area contributed by atoms with E-state index in [0.717, 1.165) is 11.5 Å². The lowest BCUT2D eigenvalue weighted by Crippen LogP contribution is -2.45. The second kappa shape index (κ2) is 5.36. The van der Waals surface area contributed by atoms with Crippen LogP contribution in [0.3, 0.4) is 0 Å². The fourth-order valence-electron chi connectivity index (χ4n) is 1.40. The topological polar surface area (TPSA) is 29.3 Å². The molecular weight excluding hydrogens is 245 g/mol. The zero-order chi connectivity index (χ0) is 11.5. The average molecular weight is 258 g/mol. The van der Waals surface area contributed by atoms with Crippen LogP contribution in [0.4, 0.5) is 13.2 Å². The Morgan fingerprint density at radius 2 is 1.93 bits per heavy atom. The Morgan fingerprint density at radius 3 is 2.33 bits per heavy atom. The summed E-state index contributed by atoms with van der Waals surface area (Å²) in [6.07, 6.45) is -4.32. The summed E-state index contributed by atoms with van der Waals surface area (Å²) >= 11 is 6.21. The fourth-order valence-corrected chi connectivity index (χ4v) is 2.58. The van der Waals surface area contributed by atoms with Crippen LogP contribution in [0.1, 0.15) is 0 Å². The third-order valence-corrected chi connectivity index (χ3v) is 3.51. The Balaban J connectivity index is 2.54. The molecule has 1 unspecified atom stereocenters. The summed E-state index contributed by atoms with van der Waals surface area (Å²) < 4.78 is 37.6. The van der Waals surface area contributed by atoms with Crippen LogP contribution < -0.4 is 5.73 Å². The van der Waals surface area contributed by atoms with Crippen LogP contribution >= 0.6 is 24.0 Å². The van der Waals surface area contributed by atoms with Crippen LogP contribution in [0.15, 0.2) is 0 Å². The number of nitrogens with two attached hydrogens (primary N) is 1. The normalized spacial score (nSPS) is 21.3. The molecule has 0 bridgehead atoms. The molecule has 7 heteroatoms. The minimum absolute atomic E-state index is 0.0978. The van der Waals surface area contributed by atoms with Crippen molar-refractivity contribution >= 4 is 29.0 Å². The predicted molar refractivity (Wildman–Crippen MR) is 60.1 cm³/mol. The van der Waals surface area contributed by atoms with E-state index in [0.29, 0.717) is 13.1 Å². The predicted octanol–water partition coefficient (Wildman–Crippen LogP) is 1.50. The summed E-state index contributed by atoms with van der Waals surface area (Å²) in [5.74, 6) is 0.0830. The number of thiocarbonyl (C=S) groups is 1. The average Bonchev–Trinajstić information content (AvgIpc) is 2.13. The molecule has 1 heterocycles. The van der Waals surface area contributed by atoms with Gasteiger partial charge in [0.05, 0.1) is 4.99 Å². The van der Waals surface area contributed by atoms with E-state index >= 15 is 0 Å². The van der Waals surface area contributed by atoms with Gasteiger partial charge < -0.3 is 10.6 Å². The second-order valence-corrected chi connectivity index (χ2v) is 5.11. The number of hydrogen-bond acceptors (Lipinski definition) is 3. The molecule has 0 aromatic carbocycles. The highest BCUT2D eigenvalue weighted by atomic mass is 32.2. The Labute approximate surface area is 96.4 Å². The zero-order valence-electron chi connectivity index (χ0n) is 8.09. The van der Waals surface area contributed by atoms with Gasteiger partial charge in [-0.3, -0.25) is 0 Å². The van der Waals surface area contributed by atoms with Crippen molar-refractivity contribution in [2.75, 3.05) is 31.1 Å². The summed E-state index contributed by atoms with van der Waals surface area (Å²) in [5, 5.41) is 0. The van der Waals surface area contributed by atoms with E-state index in [1.165, 1.54) is 0 Å². The molecule has 1 atom stereocenters. The Hall–Kier alpha value is -0.0100. The summed E-state index contributed by atoms with van der Waals surface area (Å²) in [5.41, 5.74) is 5.12. The molecule has 0 radical (unpaired) electrons. The molecule has 1 aliphatic rings. The van der Waals surface area contributed by atoms with Crippen LogP contribution in [0.25, 0.3) is 0 Å². The standard InChI is InChI=1S/C8H13F3N2S2/c9-8(10,11)6(7(12)14)5-13-1-3-15-4-2-13/h6H,1-5H2,(H2,12,14). The van der Waals surface area contributed by atoms with Gasteiger partial charge in [-0.2, -0.15) is 24.9 Å². The van der Waals surface area contributed by atoms with Crippen LogP contribution in [0.5, 0.6) is 0 Å². The highest BCUT2D eigenvalue weighted by molar-refractivity contribution is 7.99. The van der Waals surface area contributed by atoms with Crippen LogP contribution in [-0.2, 0) is 0 Å². The number of rotatable bonds is 3. The molecule has 0 aromatic rings. The van der Waals surface area contributed by atoms with Crippen molar-refractivity contribution in [3.8, 4) is 0 Å². The van der Waals surface area contributed by atoms with Gasteiger partial charge in [0.2, 0.25) is 0 Å². The van der Waals surface area contributed by atoms with Gasteiger partial charge >= 0.3 is 6.18 Å². The smallest absolute Gasteiger partial charge is 0.393 e. The SMILES string of the molecule is NC(=S)C(CN1CCSCC1)C(F)(F)F. The number of hydrogen-bond donors (Lipinski definition) is 1. The summed E-state index contributed by atoms with van der Waals surface area (Å²) in [7, 11) is 0. The molecular formula is C8H13F3N2S2. The molecule has 0 amide bonds. The zero-order valence-corrected chi connectivity index (χ0v) is 9.72. The molecule has 2 nitrogen and oxygen atoms in total. The minimum Gasteiger partial charge on any atom is -0.393 e. The van der Waals surface area contributed by atoms with Gasteiger partial charge in [0, 0.05) is 31.1 Å². The van der Waals surface area contributed by atoms with E-state index in [9.17, 15) is 13.2 Å². The van der Waals surface area contributed by atoms with Crippen molar-refractivity contribution in [3.05, 3.63) is 0 Å². The second-order valence-electron chi connectivity index (χ2n) is 3.41. The maximum Gasteiger partial charge on any atom is 0.399 e. The Morgan fingerprint density at radius 1 is 1.40 bits per heavy atom. The van der Waals surface area contributed by atoms with Gasteiger partial charge in [-0.25, -0.2) is 0 Å². The van der Waals surface area contributed by atoms with Crippen molar-refractivity contribution < 1.29 is 13.2 Å². The molecule has 0 aromatic heterocycles. The molecule has 0 saturated carbocycles. The van der Waals surface area contributed by atoms with Gasteiger partial charge in [-0.1, -0.05) is 12.2 Å².